The molecule has 2 aromatic carbocycles. The number of benzene rings is 2. The summed E-state index contributed by atoms with van der Waals surface area (Å²) >= 11 is 4.95. The van der Waals surface area contributed by atoms with Crippen molar-refractivity contribution >= 4 is 39.8 Å². The number of aryl methyl sites for hydroxylation is 1. The third-order valence-electron chi connectivity index (χ3n) is 2.90. The van der Waals surface area contributed by atoms with Crippen molar-refractivity contribution in [1.29, 1.82) is 0 Å². The van der Waals surface area contributed by atoms with Gasteiger partial charge >= 0.3 is 0 Å². The molecule has 5 heteroatoms. The molecule has 0 aliphatic carbocycles. The van der Waals surface area contributed by atoms with Crippen molar-refractivity contribution in [1.82, 2.24) is 5.43 Å². The number of amides is 1. The predicted octanol–water partition coefficient (Wildman–Crippen LogP) is 4.14. The zero-order chi connectivity index (χ0) is 15.8. The summed E-state index contributed by atoms with van der Waals surface area (Å²) in [6, 6.07) is 16.0. The van der Waals surface area contributed by atoms with Gasteiger partial charge in [0, 0.05) is 10.2 Å². The number of hydrogen-bond donors (Lipinski definition) is 1. The Morgan fingerprint density at radius 1 is 1.18 bits per heavy atom. The largest absolute Gasteiger partial charge is 0.272 e. The third kappa shape index (κ3) is 6.03. The first kappa shape index (κ1) is 16.8. The lowest BCUT2D eigenvalue weighted by Gasteiger charge is -2.02. The van der Waals surface area contributed by atoms with Gasteiger partial charge in [-0.2, -0.15) is 5.10 Å². The van der Waals surface area contributed by atoms with E-state index in [0.717, 1.165) is 15.8 Å². The molecule has 1 amide bonds. The second-order valence-electron chi connectivity index (χ2n) is 4.82. The second kappa shape index (κ2) is 8.76. The van der Waals surface area contributed by atoms with E-state index < -0.39 is 0 Å². The van der Waals surface area contributed by atoms with Gasteiger partial charge in [-0.25, -0.2) is 5.43 Å². The van der Waals surface area contributed by atoms with Crippen LogP contribution in [0.15, 0.2) is 58.1 Å². The Balaban J connectivity index is 1.69. The lowest BCUT2D eigenvalue weighted by molar-refractivity contribution is -0.118. The summed E-state index contributed by atoms with van der Waals surface area (Å²) in [6.07, 6.45) is 1.63. The van der Waals surface area contributed by atoms with Gasteiger partial charge in [0.2, 0.25) is 5.91 Å². The molecule has 114 valence electrons. The zero-order valence-electron chi connectivity index (χ0n) is 12.3. The number of carbonyl (C=O) groups excluding carboxylic acids is 1. The van der Waals surface area contributed by atoms with E-state index in [1.807, 2.05) is 24.3 Å². The highest BCUT2D eigenvalue weighted by Gasteiger charge is 2.00. The van der Waals surface area contributed by atoms with E-state index in [2.05, 4.69) is 57.6 Å². The average Bonchev–Trinajstić information content (AvgIpc) is 2.51. The molecule has 0 spiro atoms. The molecular weight excluding hydrogens is 360 g/mol. The number of hydrogen-bond acceptors (Lipinski definition) is 3. The molecule has 0 unspecified atom stereocenters. The van der Waals surface area contributed by atoms with Crippen molar-refractivity contribution in [2.45, 2.75) is 12.7 Å². The van der Waals surface area contributed by atoms with Crippen LogP contribution < -0.4 is 5.43 Å². The van der Waals surface area contributed by atoms with Crippen LogP contribution in [0, 0.1) is 6.92 Å². The minimum absolute atomic E-state index is 0.0922. The molecule has 3 nitrogen and oxygen atoms in total. The van der Waals surface area contributed by atoms with Crippen molar-refractivity contribution in [3.63, 3.8) is 0 Å². The molecule has 0 aromatic heterocycles. The van der Waals surface area contributed by atoms with Crippen LogP contribution in [0.5, 0.6) is 0 Å². The maximum atomic E-state index is 11.7. The Hall–Kier alpha value is -1.59. The van der Waals surface area contributed by atoms with Crippen molar-refractivity contribution in [3.8, 4) is 0 Å². The molecule has 2 aromatic rings. The molecule has 0 saturated heterocycles. The lowest BCUT2D eigenvalue weighted by atomic mass is 10.2. The van der Waals surface area contributed by atoms with Crippen LogP contribution in [0.2, 0.25) is 0 Å². The Labute approximate surface area is 143 Å². The first-order valence-electron chi connectivity index (χ1n) is 6.84. The number of nitrogens with one attached hydrogen (secondary N) is 1. The third-order valence-corrected chi connectivity index (χ3v) is 4.43. The number of halogens is 1. The van der Waals surface area contributed by atoms with Crippen molar-refractivity contribution in [2.24, 2.45) is 5.10 Å². The number of nitrogens with zero attached hydrogens (tertiary/aromatic N) is 1. The maximum absolute atomic E-state index is 11.7. The normalized spacial score (nSPS) is 10.8. The van der Waals surface area contributed by atoms with E-state index in [9.17, 15) is 4.79 Å². The van der Waals surface area contributed by atoms with Crippen molar-refractivity contribution < 1.29 is 4.79 Å². The fourth-order valence-electron chi connectivity index (χ4n) is 1.71. The van der Waals surface area contributed by atoms with Crippen LogP contribution in [-0.2, 0) is 10.5 Å². The summed E-state index contributed by atoms with van der Waals surface area (Å²) in [5.74, 6) is 1.13. The zero-order valence-corrected chi connectivity index (χ0v) is 14.7. The van der Waals surface area contributed by atoms with E-state index in [1.54, 1.807) is 18.0 Å². The quantitative estimate of drug-likeness (QED) is 0.607. The molecule has 0 fully saturated rings. The Bertz CT molecular complexity index is 639. The van der Waals surface area contributed by atoms with Crippen LogP contribution in [0.3, 0.4) is 0 Å². The van der Waals surface area contributed by atoms with Gasteiger partial charge in [0.25, 0.3) is 0 Å². The molecule has 1 N–H and O–H groups in total. The molecule has 22 heavy (non-hydrogen) atoms. The summed E-state index contributed by atoms with van der Waals surface area (Å²) in [5.41, 5.74) is 5.95. The summed E-state index contributed by atoms with van der Waals surface area (Å²) in [4.78, 5) is 11.7. The fourth-order valence-corrected chi connectivity index (χ4v) is 2.75. The first-order valence-corrected chi connectivity index (χ1v) is 8.79. The van der Waals surface area contributed by atoms with E-state index in [0.29, 0.717) is 5.75 Å². The first-order chi connectivity index (χ1) is 10.6. The standard InChI is InChI=1S/C17H17BrN2OS/c1-13-2-4-15(5-3-13)11-22-12-17(21)20-19-10-14-6-8-16(18)9-7-14/h2-10H,11-12H2,1H3,(H,20,21)/b19-10-. The molecule has 0 bridgehead atoms. The number of carbonyl (C=O) groups is 1. The smallest absolute Gasteiger partial charge is 0.250 e. The van der Waals surface area contributed by atoms with Crippen LogP contribution >= 0.6 is 27.7 Å². The number of hydrazone groups is 1. The van der Waals surface area contributed by atoms with Gasteiger partial charge in [0.15, 0.2) is 0 Å². The minimum Gasteiger partial charge on any atom is -0.272 e. The fraction of sp³-hybridized carbons (Fsp3) is 0.176. The van der Waals surface area contributed by atoms with Crippen LogP contribution in [0.4, 0.5) is 0 Å². The lowest BCUT2D eigenvalue weighted by Crippen LogP contribution is -2.19. The average molecular weight is 377 g/mol. The van der Waals surface area contributed by atoms with Crippen molar-refractivity contribution in [2.75, 3.05) is 5.75 Å². The molecule has 0 aliphatic heterocycles. The summed E-state index contributed by atoms with van der Waals surface area (Å²) in [6.45, 7) is 2.06. The van der Waals surface area contributed by atoms with Gasteiger partial charge in [0.05, 0.1) is 12.0 Å². The summed E-state index contributed by atoms with van der Waals surface area (Å²) < 4.78 is 1.01. The van der Waals surface area contributed by atoms with Gasteiger partial charge in [-0.3, -0.25) is 4.79 Å². The summed E-state index contributed by atoms with van der Waals surface area (Å²) in [5, 5.41) is 3.96. The van der Waals surface area contributed by atoms with E-state index >= 15 is 0 Å². The van der Waals surface area contributed by atoms with Crippen LogP contribution in [0.1, 0.15) is 16.7 Å². The highest BCUT2D eigenvalue weighted by Crippen LogP contribution is 2.12. The minimum atomic E-state index is -0.0922. The van der Waals surface area contributed by atoms with Crippen LogP contribution in [0.25, 0.3) is 0 Å². The molecule has 0 heterocycles. The Morgan fingerprint density at radius 2 is 1.86 bits per heavy atom. The van der Waals surface area contributed by atoms with Gasteiger partial charge < -0.3 is 0 Å². The molecule has 0 saturated carbocycles. The highest BCUT2D eigenvalue weighted by atomic mass is 79.9. The SMILES string of the molecule is Cc1ccc(CSCC(=O)N/N=C\c2ccc(Br)cc2)cc1. The van der Waals surface area contributed by atoms with Gasteiger partial charge in [-0.15, -0.1) is 11.8 Å². The summed E-state index contributed by atoms with van der Waals surface area (Å²) in [7, 11) is 0. The van der Waals surface area contributed by atoms with Gasteiger partial charge in [0.1, 0.15) is 0 Å². The Kier molecular flexibility index (Phi) is 6.68. The number of rotatable bonds is 6. The topological polar surface area (TPSA) is 41.5 Å². The van der Waals surface area contributed by atoms with Crippen LogP contribution in [-0.4, -0.2) is 17.9 Å². The van der Waals surface area contributed by atoms with E-state index in [4.69, 9.17) is 0 Å². The molecule has 0 aliphatic rings. The Morgan fingerprint density at radius 3 is 2.55 bits per heavy atom. The van der Waals surface area contributed by atoms with E-state index in [-0.39, 0.29) is 5.91 Å². The molecular formula is C17H17BrN2OS. The molecule has 2 rings (SSSR count). The molecule has 0 radical (unpaired) electrons. The van der Waals surface area contributed by atoms with E-state index in [1.165, 1.54) is 11.1 Å². The highest BCUT2D eigenvalue weighted by molar-refractivity contribution is 9.10. The molecule has 0 atom stereocenters. The van der Waals surface area contributed by atoms with Crippen molar-refractivity contribution in [3.05, 3.63) is 69.7 Å². The number of thioether (sulfide) groups is 1. The van der Waals surface area contributed by atoms with Gasteiger partial charge in [-0.1, -0.05) is 57.9 Å². The second-order valence-corrected chi connectivity index (χ2v) is 6.72. The maximum Gasteiger partial charge on any atom is 0.250 e. The van der Waals surface area contributed by atoms with Gasteiger partial charge in [-0.05, 0) is 30.2 Å². The predicted molar refractivity (Wildman–Crippen MR) is 97.2 cm³/mol. The monoisotopic (exact) mass is 376 g/mol.